The summed E-state index contributed by atoms with van der Waals surface area (Å²) in [6, 6.07) is 5.40. The quantitative estimate of drug-likeness (QED) is 0.847. The molecule has 0 unspecified atom stereocenters. The second kappa shape index (κ2) is 5.94. The first-order valence-corrected chi connectivity index (χ1v) is 7.64. The number of hydrogen-bond acceptors (Lipinski definition) is 2. The van der Waals surface area contributed by atoms with E-state index in [1.165, 1.54) is 0 Å². The Labute approximate surface area is 140 Å². The molecule has 22 heavy (non-hydrogen) atoms. The Hall–Kier alpha value is -1.52. The number of likely N-dealkylation sites (N-methyl/N-ethyl adjacent to an activating group) is 1. The lowest BCUT2D eigenvalue weighted by Gasteiger charge is -2.27. The predicted octanol–water partition coefficient (Wildman–Crippen LogP) is 3.99. The largest absolute Gasteiger partial charge is 0.347 e. The number of carbonyl (C=O) groups excluding carboxylic acids is 1. The van der Waals surface area contributed by atoms with Crippen LogP contribution in [0.25, 0.3) is 11.3 Å². The van der Waals surface area contributed by atoms with Gasteiger partial charge in [0.25, 0.3) is 0 Å². The molecule has 1 heterocycles. The highest BCUT2D eigenvalue weighted by Crippen LogP contribution is 2.30. The molecule has 1 aromatic carbocycles. The minimum Gasteiger partial charge on any atom is -0.347 e. The number of rotatable bonds is 3. The van der Waals surface area contributed by atoms with Crippen LogP contribution in [0.3, 0.4) is 0 Å². The molecule has 0 fully saturated rings. The lowest BCUT2D eigenvalue weighted by atomic mass is 10.0. The fourth-order valence-corrected chi connectivity index (χ4v) is 2.62. The molecule has 0 N–H and O–H groups in total. The van der Waals surface area contributed by atoms with Crippen molar-refractivity contribution in [3.63, 3.8) is 0 Å². The van der Waals surface area contributed by atoms with Crippen LogP contribution in [0.5, 0.6) is 0 Å². The van der Waals surface area contributed by atoms with Crippen LogP contribution in [0.1, 0.15) is 19.4 Å². The molecule has 0 bridgehead atoms. The summed E-state index contributed by atoms with van der Waals surface area (Å²) in [5.41, 5.74) is 1.87. The zero-order chi connectivity index (χ0) is 16.7. The normalized spacial score (nSPS) is 11.6. The van der Waals surface area contributed by atoms with Crippen LogP contribution in [-0.4, -0.2) is 34.7 Å². The van der Waals surface area contributed by atoms with Gasteiger partial charge in [0.2, 0.25) is 5.91 Å². The fraction of sp³-hybridized carbons (Fsp3) is 0.375. The van der Waals surface area contributed by atoms with Crippen LogP contribution in [0.2, 0.25) is 10.0 Å². The summed E-state index contributed by atoms with van der Waals surface area (Å²) in [5, 5.41) is 5.58. The molecule has 2 aromatic rings. The average molecular weight is 340 g/mol. The van der Waals surface area contributed by atoms with Crippen molar-refractivity contribution in [1.82, 2.24) is 14.7 Å². The molecule has 0 aliphatic heterocycles. The van der Waals surface area contributed by atoms with Gasteiger partial charge in [0.15, 0.2) is 0 Å². The van der Waals surface area contributed by atoms with E-state index in [0.29, 0.717) is 10.0 Å². The maximum Gasteiger partial charge on any atom is 0.249 e. The molecule has 0 aliphatic carbocycles. The van der Waals surface area contributed by atoms with E-state index in [1.54, 1.807) is 35.8 Å². The smallest absolute Gasteiger partial charge is 0.249 e. The van der Waals surface area contributed by atoms with Crippen molar-refractivity contribution in [2.45, 2.75) is 26.3 Å². The van der Waals surface area contributed by atoms with Crippen molar-refractivity contribution < 1.29 is 4.79 Å². The maximum absolute atomic E-state index is 12.3. The Kier molecular flexibility index (Phi) is 4.54. The van der Waals surface area contributed by atoms with Crippen LogP contribution in [-0.2, 0) is 10.3 Å². The molecule has 0 atom stereocenters. The number of nitrogens with zero attached hydrogens (tertiary/aromatic N) is 3. The molecule has 1 aromatic heterocycles. The number of amides is 1. The van der Waals surface area contributed by atoms with Crippen LogP contribution >= 0.6 is 23.2 Å². The third kappa shape index (κ3) is 2.99. The van der Waals surface area contributed by atoms with Gasteiger partial charge in [0.1, 0.15) is 5.54 Å². The molecule has 0 radical (unpaired) electrons. The molecule has 118 valence electrons. The summed E-state index contributed by atoms with van der Waals surface area (Å²) in [4.78, 5) is 13.9. The monoisotopic (exact) mass is 339 g/mol. The molecule has 0 saturated carbocycles. The lowest BCUT2D eigenvalue weighted by molar-refractivity contribution is -0.137. The molecule has 0 spiro atoms. The number of aryl methyl sites for hydroxylation is 1. The molecule has 2 rings (SSSR count). The van der Waals surface area contributed by atoms with Gasteiger partial charge in [-0.15, -0.1) is 0 Å². The number of carbonyl (C=O) groups is 1. The summed E-state index contributed by atoms with van der Waals surface area (Å²) >= 11 is 12.0. The maximum atomic E-state index is 12.3. The summed E-state index contributed by atoms with van der Waals surface area (Å²) in [7, 11) is 3.47. The molecule has 1 amide bonds. The van der Waals surface area contributed by atoms with E-state index in [-0.39, 0.29) is 5.91 Å². The van der Waals surface area contributed by atoms with Gasteiger partial charge in [0.05, 0.1) is 15.7 Å². The summed E-state index contributed by atoms with van der Waals surface area (Å²) in [6.07, 6.45) is 1.87. The Bertz CT molecular complexity index is 720. The van der Waals surface area contributed by atoms with Gasteiger partial charge in [0, 0.05) is 25.9 Å². The topological polar surface area (TPSA) is 38.1 Å². The van der Waals surface area contributed by atoms with Crippen LogP contribution < -0.4 is 0 Å². The number of aromatic nitrogens is 2. The highest BCUT2D eigenvalue weighted by atomic mass is 35.5. The van der Waals surface area contributed by atoms with Gasteiger partial charge in [-0.25, -0.2) is 0 Å². The molecule has 0 saturated heterocycles. The first-order chi connectivity index (χ1) is 10.1. The molecule has 6 heteroatoms. The Morgan fingerprint density at radius 2 is 1.86 bits per heavy atom. The van der Waals surface area contributed by atoms with Crippen LogP contribution in [0.4, 0.5) is 0 Å². The van der Waals surface area contributed by atoms with Crippen molar-refractivity contribution in [1.29, 1.82) is 0 Å². The molecular formula is C16H19Cl2N3O. The zero-order valence-electron chi connectivity index (χ0n) is 13.3. The standard InChI is InChI=1S/C16H19Cl2N3O/c1-10-9-21(16(2,3)15(22)20(4)5)19-14(10)11-6-7-12(17)13(18)8-11/h6-9H,1-5H3. The first-order valence-electron chi connectivity index (χ1n) is 6.88. The number of benzene rings is 1. The van der Waals surface area contributed by atoms with Crippen molar-refractivity contribution in [2.24, 2.45) is 0 Å². The number of hydrogen-bond donors (Lipinski definition) is 0. The molecular weight excluding hydrogens is 321 g/mol. The SMILES string of the molecule is Cc1cn(C(C)(C)C(=O)N(C)C)nc1-c1ccc(Cl)c(Cl)c1. The second-order valence-electron chi connectivity index (χ2n) is 5.99. The molecule has 0 aliphatic rings. The predicted molar refractivity (Wildman–Crippen MR) is 90.4 cm³/mol. The zero-order valence-corrected chi connectivity index (χ0v) is 14.8. The van der Waals surface area contributed by atoms with Crippen LogP contribution in [0.15, 0.2) is 24.4 Å². The second-order valence-corrected chi connectivity index (χ2v) is 6.81. The Morgan fingerprint density at radius 3 is 2.41 bits per heavy atom. The highest BCUT2D eigenvalue weighted by Gasteiger charge is 2.32. The van der Waals surface area contributed by atoms with Crippen molar-refractivity contribution >= 4 is 29.1 Å². The van der Waals surface area contributed by atoms with Crippen molar-refractivity contribution in [2.75, 3.05) is 14.1 Å². The Balaban J connectivity index is 2.48. The fourth-order valence-electron chi connectivity index (χ4n) is 2.32. The van der Waals surface area contributed by atoms with Gasteiger partial charge < -0.3 is 4.90 Å². The van der Waals surface area contributed by atoms with E-state index in [0.717, 1.165) is 16.8 Å². The van der Waals surface area contributed by atoms with Gasteiger partial charge in [-0.2, -0.15) is 5.10 Å². The van der Waals surface area contributed by atoms with E-state index in [1.807, 2.05) is 33.0 Å². The minimum atomic E-state index is -0.761. The third-order valence-corrected chi connectivity index (χ3v) is 4.33. The molecule has 4 nitrogen and oxygen atoms in total. The van der Waals surface area contributed by atoms with E-state index < -0.39 is 5.54 Å². The van der Waals surface area contributed by atoms with Crippen LogP contribution in [0, 0.1) is 6.92 Å². The van der Waals surface area contributed by atoms with E-state index in [4.69, 9.17) is 23.2 Å². The summed E-state index contributed by atoms with van der Waals surface area (Å²) < 4.78 is 1.70. The van der Waals surface area contributed by atoms with Gasteiger partial charge in [-0.1, -0.05) is 29.3 Å². The Morgan fingerprint density at radius 1 is 1.23 bits per heavy atom. The van der Waals surface area contributed by atoms with E-state index in [9.17, 15) is 4.79 Å². The van der Waals surface area contributed by atoms with Crippen molar-refractivity contribution in [3.05, 3.63) is 40.0 Å². The average Bonchev–Trinajstić information content (AvgIpc) is 2.83. The van der Waals surface area contributed by atoms with Crippen molar-refractivity contribution in [3.8, 4) is 11.3 Å². The minimum absolute atomic E-state index is 0.0179. The highest BCUT2D eigenvalue weighted by molar-refractivity contribution is 6.42. The van der Waals surface area contributed by atoms with Gasteiger partial charge in [-0.3, -0.25) is 9.48 Å². The number of halogens is 2. The first kappa shape index (κ1) is 16.8. The van der Waals surface area contributed by atoms with E-state index >= 15 is 0 Å². The van der Waals surface area contributed by atoms with E-state index in [2.05, 4.69) is 5.10 Å². The third-order valence-electron chi connectivity index (χ3n) is 3.59. The summed E-state index contributed by atoms with van der Waals surface area (Å²) in [5.74, 6) is -0.0179. The summed E-state index contributed by atoms with van der Waals surface area (Å²) in [6.45, 7) is 5.65. The van der Waals surface area contributed by atoms with Gasteiger partial charge >= 0.3 is 0 Å². The van der Waals surface area contributed by atoms with Gasteiger partial charge in [-0.05, 0) is 38.5 Å². The lowest BCUT2D eigenvalue weighted by Crippen LogP contribution is -2.44.